The molecule has 0 bridgehead atoms. The molecule has 1 aromatic heterocycles. The summed E-state index contributed by atoms with van der Waals surface area (Å²) >= 11 is 0. The van der Waals surface area contributed by atoms with Crippen LogP contribution >= 0.6 is 0 Å². The zero-order chi connectivity index (χ0) is 35.6. The molecule has 3 aromatic rings. The Bertz CT molecular complexity index is 1680. The van der Waals surface area contributed by atoms with E-state index in [0.717, 1.165) is 6.26 Å². The van der Waals surface area contributed by atoms with Gasteiger partial charge < -0.3 is 39.3 Å². The number of fused-ring (bicyclic) bond motifs is 1. The molecular formula is C34H42FN3O10. The van der Waals surface area contributed by atoms with E-state index in [1.54, 1.807) is 47.6 Å². The number of amides is 3. The summed E-state index contributed by atoms with van der Waals surface area (Å²) in [6.45, 7) is 12.0. The standard InChI is InChI=1S/C34H42FN3O10/c1-20(37-32(43)48-34(5,6)7)29(40)38-24(13-10-11-17-36-31(42)47-33(2,3)4)30(41)45-21-15-16-22-26(18-21)44-19-27(28(22)39)46-25-14-9-8-12-23(25)35/h8-9,12,14-16,18-20,24H,10-11,13,17H2,1-7H3,(H,36,42)(H,37,43)(H,38,40)/t20-,24-/m1/s1. The van der Waals surface area contributed by atoms with Crippen molar-refractivity contribution in [2.45, 2.75) is 91.0 Å². The van der Waals surface area contributed by atoms with Crippen LogP contribution in [0.4, 0.5) is 14.0 Å². The van der Waals surface area contributed by atoms with Crippen LogP contribution in [0.15, 0.2) is 57.9 Å². The lowest BCUT2D eigenvalue weighted by atomic mass is 10.1. The molecule has 14 heteroatoms. The number of rotatable bonds is 12. The van der Waals surface area contributed by atoms with E-state index >= 15 is 0 Å². The first kappa shape index (κ1) is 37.3. The van der Waals surface area contributed by atoms with Gasteiger partial charge in [-0.15, -0.1) is 0 Å². The topological polar surface area (TPSA) is 172 Å². The quantitative estimate of drug-likeness (QED) is 0.123. The van der Waals surface area contributed by atoms with E-state index in [2.05, 4.69) is 16.0 Å². The van der Waals surface area contributed by atoms with Crippen LogP contribution in [-0.2, 0) is 19.1 Å². The van der Waals surface area contributed by atoms with Crippen LogP contribution in [0.1, 0.15) is 67.7 Å². The van der Waals surface area contributed by atoms with Gasteiger partial charge in [0.1, 0.15) is 40.9 Å². The van der Waals surface area contributed by atoms with Crippen LogP contribution in [0.2, 0.25) is 0 Å². The van der Waals surface area contributed by atoms with Crippen molar-refractivity contribution in [1.29, 1.82) is 0 Å². The lowest BCUT2D eigenvalue weighted by Gasteiger charge is -2.23. The van der Waals surface area contributed by atoms with Gasteiger partial charge in [0.25, 0.3) is 0 Å². The fourth-order valence-electron chi connectivity index (χ4n) is 4.13. The van der Waals surface area contributed by atoms with Gasteiger partial charge in [-0.2, -0.15) is 0 Å². The first-order valence-corrected chi connectivity index (χ1v) is 15.4. The Hall–Kier alpha value is -5.14. The Morgan fingerprint density at radius 2 is 1.54 bits per heavy atom. The Morgan fingerprint density at radius 1 is 0.875 bits per heavy atom. The monoisotopic (exact) mass is 671 g/mol. The molecular weight excluding hydrogens is 629 g/mol. The predicted molar refractivity (Wildman–Crippen MR) is 173 cm³/mol. The first-order chi connectivity index (χ1) is 22.4. The molecule has 0 saturated heterocycles. The van der Waals surface area contributed by atoms with E-state index < -0.39 is 58.6 Å². The molecule has 2 aromatic carbocycles. The van der Waals surface area contributed by atoms with Crippen molar-refractivity contribution < 1.29 is 46.9 Å². The molecule has 2 atom stereocenters. The third kappa shape index (κ3) is 11.9. The zero-order valence-corrected chi connectivity index (χ0v) is 28.1. The third-order valence-corrected chi connectivity index (χ3v) is 6.30. The molecule has 260 valence electrons. The molecule has 0 spiro atoms. The van der Waals surface area contributed by atoms with E-state index in [1.165, 1.54) is 43.3 Å². The number of halogens is 1. The number of hydrogen-bond donors (Lipinski definition) is 3. The van der Waals surface area contributed by atoms with Crippen molar-refractivity contribution in [3.05, 3.63) is 64.8 Å². The molecule has 0 aliphatic heterocycles. The number of carbonyl (C=O) groups is 4. The maximum Gasteiger partial charge on any atom is 0.408 e. The maximum absolute atomic E-state index is 14.0. The van der Waals surface area contributed by atoms with Crippen molar-refractivity contribution in [3.8, 4) is 17.2 Å². The lowest BCUT2D eigenvalue weighted by molar-refractivity contribution is -0.139. The van der Waals surface area contributed by atoms with Gasteiger partial charge >= 0.3 is 18.2 Å². The molecule has 3 N–H and O–H groups in total. The molecule has 0 aliphatic rings. The van der Waals surface area contributed by atoms with Gasteiger partial charge in [-0.25, -0.2) is 18.8 Å². The van der Waals surface area contributed by atoms with Crippen LogP contribution < -0.4 is 30.9 Å². The van der Waals surface area contributed by atoms with Crippen molar-refractivity contribution in [3.63, 3.8) is 0 Å². The molecule has 0 radical (unpaired) electrons. The molecule has 3 rings (SSSR count). The summed E-state index contributed by atoms with van der Waals surface area (Å²) in [5.74, 6) is -2.52. The van der Waals surface area contributed by atoms with Gasteiger partial charge in [-0.05, 0) is 92.0 Å². The number of hydrogen-bond acceptors (Lipinski definition) is 10. The molecule has 1 heterocycles. The SMILES string of the molecule is C[C@@H](NC(=O)OC(C)(C)C)C(=O)N[C@H](CCCCNC(=O)OC(C)(C)C)C(=O)Oc1ccc2c(=O)c(Oc3ccccc3F)coc2c1. The first-order valence-electron chi connectivity index (χ1n) is 15.4. The fourth-order valence-corrected chi connectivity index (χ4v) is 4.13. The molecule has 0 saturated carbocycles. The van der Waals surface area contributed by atoms with Gasteiger partial charge in [0, 0.05) is 12.6 Å². The maximum atomic E-state index is 14.0. The minimum Gasteiger partial charge on any atom is -0.460 e. The van der Waals surface area contributed by atoms with Gasteiger partial charge in [0.05, 0.1) is 5.39 Å². The number of esters is 1. The Morgan fingerprint density at radius 3 is 2.21 bits per heavy atom. The van der Waals surface area contributed by atoms with Gasteiger partial charge in [-0.1, -0.05) is 12.1 Å². The molecule has 48 heavy (non-hydrogen) atoms. The number of nitrogens with one attached hydrogen (secondary N) is 3. The van der Waals surface area contributed by atoms with E-state index in [-0.39, 0.29) is 41.2 Å². The average Bonchev–Trinajstić information content (AvgIpc) is 2.96. The van der Waals surface area contributed by atoms with Gasteiger partial charge in [-0.3, -0.25) is 9.59 Å². The van der Waals surface area contributed by atoms with Crippen LogP contribution in [0.3, 0.4) is 0 Å². The highest BCUT2D eigenvalue weighted by molar-refractivity contribution is 5.90. The molecule has 0 aliphatic carbocycles. The number of carbonyl (C=O) groups excluding carboxylic acids is 4. The normalized spacial score (nSPS) is 12.8. The van der Waals surface area contributed by atoms with Gasteiger partial charge in [0.15, 0.2) is 11.6 Å². The minimum absolute atomic E-state index is 0.0178. The predicted octanol–water partition coefficient (Wildman–Crippen LogP) is 5.72. The van der Waals surface area contributed by atoms with Crippen LogP contribution in [-0.4, -0.2) is 53.9 Å². The summed E-state index contributed by atoms with van der Waals surface area (Å²) in [5, 5.41) is 7.75. The minimum atomic E-state index is -1.15. The summed E-state index contributed by atoms with van der Waals surface area (Å²) in [7, 11) is 0. The van der Waals surface area contributed by atoms with Crippen molar-refractivity contribution >= 4 is 35.0 Å². The highest BCUT2D eigenvalue weighted by atomic mass is 19.1. The highest BCUT2D eigenvalue weighted by Crippen LogP contribution is 2.26. The van der Waals surface area contributed by atoms with Crippen molar-refractivity contribution in [2.75, 3.05) is 6.54 Å². The number of alkyl carbamates (subject to hydrolysis) is 2. The van der Waals surface area contributed by atoms with Crippen LogP contribution in [0.25, 0.3) is 11.0 Å². The summed E-state index contributed by atoms with van der Waals surface area (Å²) < 4.78 is 40.9. The van der Waals surface area contributed by atoms with E-state index in [9.17, 15) is 28.4 Å². The lowest BCUT2D eigenvalue weighted by Crippen LogP contribution is -2.51. The summed E-state index contributed by atoms with van der Waals surface area (Å²) in [6.07, 6.45) is 0.597. The average molecular weight is 672 g/mol. The fraction of sp³-hybridized carbons (Fsp3) is 0.441. The third-order valence-electron chi connectivity index (χ3n) is 6.30. The Kier molecular flexibility index (Phi) is 12.5. The summed E-state index contributed by atoms with van der Waals surface area (Å²) in [6, 6.07) is 7.42. The highest BCUT2D eigenvalue weighted by Gasteiger charge is 2.27. The second-order valence-electron chi connectivity index (χ2n) is 12.9. The second-order valence-corrected chi connectivity index (χ2v) is 12.9. The smallest absolute Gasteiger partial charge is 0.408 e. The molecule has 3 amide bonds. The molecule has 0 unspecified atom stereocenters. The van der Waals surface area contributed by atoms with E-state index in [1.807, 2.05) is 0 Å². The van der Waals surface area contributed by atoms with Crippen molar-refractivity contribution in [2.24, 2.45) is 0 Å². The Balaban J connectivity index is 1.71. The molecule has 0 fully saturated rings. The largest absolute Gasteiger partial charge is 0.460 e. The van der Waals surface area contributed by atoms with Crippen molar-refractivity contribution in [1.82, 2.24) is 16.0 Å². The summed E-state index contributed by atoms with van der Waals surface area (Å²) in [4.78, 5) is 63.4. The Labute approximate surface area is 277 Å². The number of unbranched alkanes of at least 4 members (excludes halogenated alkanes) is 1. The van der Waals surface area contributed by atoms with E-state index in [4.69, 9.17) is 23.4 Å². The number of ether oxygens (including phenoxy) is 4. The molecule has 13 nitrogen and oxygen atoms in total. The second kappa shape index (κ2) is 16.1. The summed E-state index contributed by atoms with van der Waals surface area (Å²) in [5.41, 5.74) is -1.95. The zero-order valence-electron chi connectivity index (χ0n) is 28.1. The number of benzene rings is 2. The van der Waals surface area contributed by atoms with Crippen LogP contribution in [0.5, 0.6) is 17.2 Å². The number of para-hydroxylation sites is 1. The van der Waals surface area contributed by atoms with Crippen LogP contribution in [0, 0.1) is 5.82 Å². The van der Waals surface area contributed by atoms with E-state index in [0.29, 0.717) is 12.8 Å². The van der Waals surface area contributed by atoms with Gasteiger partial charge in [0.2, 0.25) is 17.1 Å².